The first-order valence-electron chi connectivity index (χ1n) is 7.97. The van der Waals surface area contributed by atoms with Crippen molar-refractivity contribution in [2.75, 3.05) is 32.0 Å². The van der Waals surface area contributed by atoms with Crippen LogP contribution in [0.3, 0.4) is 0 Å². The van der Waals surface area contributed by atoms with E-state index in [9.17, 15) is 4.21 Å². The van der Waals surface area contributed by atoms with Crippen LogP contribution in [-0.4, -0.2) is 57.0 Å². The summed E-state index contributed by atoms with van der Waals surface area (Å²) in [6.07, 6.45) is 4.05. The van der Waals surface area contributed by atoms with Crippen molar-refractivity contribution in [2.24, 2.45) is 0 Å². The van der Waals surface area contributed by atoms with E-state index in [-0.39, 0.29) is 6.10 Å². The van der Waals surface area contributed by atoms with Gasteiger partial charge in [-0.1, -0.05) is 18.2 Å². The Labute approximate surface area is 139 Å². The van der Waals surface area contributed by atoms with E-state index in [0.717, 1.165) is 43.2 Å². The third kappa shape index (κ3) is 4.73. The lowest BCUT2D eigenvalue weighted by Crippen LogP contribution is -2.45. The lowest BCUT2D eigenvalue weighted by atomic mass is 10.2. The molecule has 1 aliphatic heterocycles. The van der Waals surface area contributed by atoms with E-state index >= 15 is 0 Å². The number of nitrogens with zero attached hydrogens (tertiary/aromatic N) is 3. The minimum absolute atomic E-state index is 0.146. The maximum atomic E-state index is 12.3. The van der Waals surface area contributed by atoms with Crippen LogP contribution in [0.25, 0.3) is 0 Å². The first-order chi connectivity index (χ1) is 11.2. The van der Waals surface area contributed by atoms with Gasteiger partial charge in [-0.25, -0.2) is 0 Å². The standard InChI is InChI=1S/C17H23N3O2S/c1-15-11-18-20(12-15)14-16-13-19(7-9-22-16)8-10-23(21)17-5-3-2-4-6-17/h2-6,11-12,16H,7-10,13-14H2,1H3/t16-,23-/m1/s1. The summed E-state index contributed by atoms with van der Waals surface area (Å²) in [5.41, 5.74) is 1.16. The number of rotatable bonds is 6. The minimum atomic E-state index is -0.931. The Hall–Kier alpha value is -1.50. The molecule has 1 saturated heterocycles. The maximum Gasteiger partial charge on any atom is 0.0898 e. The summed E-state index contributed by atoms with van der Waals surface area (Å²) in [6.45, 7) is 6.14. The van der Waals surface area contributed by atoms with Gasteiger partial charge in [-0.15, -0.1) is 0 Å². The molecular formula is C17H23N3O2S. The number of ether oxygens (including phenoxy) is 1. The van der Waals surface area contributed by atoms with Crippen molar-refractivity contribution in [3.8, 4) is 0 Å². The molecule has 5 nitrogen and oxygen atoms in total. The average Bonchev–Trinajstić information content (AvgIpc) is 2.99. The van der Waals surface area contributed by atoms with Crippen LogP contribution in [0.5, 0.6) is 0 Å². The molecule has 0 bridgehead atoms. The third-order valence-electron chi connectivity index (χ3n) is 3.97. The van der Waals surface area contributed by atoms with Gasteiger partial charge in [-0.3, -0.25) is 13.8 Å². The van der Waals surface area contributed by atoms with Crippen molar-refractivity contribution < 1.29 is 8.95 Å². The Kier molecular flexibility index (Phi) is 5.59. The fourth-order valence-electron chi connectivity index (χ4n) is 2.77. The molecule has 3 rings (SSSR count). The summed E-state index contributed by atoms with van der Waals surface area (Å²) < 4.78 is 20.1. The molecule has 0 unspecified atom stereocenters. The molecule has 2 heterocycles. The molecule has 0 N–H and O–H groups in total. The summed E-state index contributed by atoms with van der Waals surface area (Å²) in [6, 6.07) is 9.68. The van der Waals surface area contributed by atoms with Crippen molar-refractivity contribution in [2.45, 2.75) is 24.5 Å². The fraction of sp³-hybridized carbons (Fsp3) is 0.471. The number of hydrogen-bond donors (Lipinski definition) is 0. The Bertz CT molecular complexity index is 644. The molecule has 1 fully saturated rings. The van der Waals surface area contributed by atoms with Crippen LogP contribution >= 0.6 is 0 Å². The molecule has 23 heavy (non-hydrogen) atoms. The number of morpholine rings is 1. The second-order valence-electron chi connectivity index (χ2n) is 5.90. The van der Waals surface area contributed by atoms with Crippen molar-refractivity contribution >= 4 is 10.8 Å². The molecule has 2 atom stereocenters. The molecule has 0 radical (unpaired) electrons. The summed E-state index contributed by atoms with van der Waals surface area (Å²) in [5.74, 6) is 0.664. The van der Waals surface area contributed by atoms with Gasteiger partial charge in [0.25, 0.3) is 0 Å². The summed E-state index contributed by atoms with van der Waals surface area (Å²) in [7, 11) is -0.931. The topological polar surface area (TPSA) is 47.4 Å². The molecule has 0 saturated carbocycles. The molecule has 0 aliphatic carbocycles. The van der Waals surface area contributed by atoms with Crippen LogP contribution < -0.4 is 0 Å². The lowest BCUT2D eigenvalue weighted by Gasteiger charge is -2.32. The van der Waals surface area contributed by atoms with Crippen molar-refractivity contribution in [3.05, 3.63) is 48.3 Å². The molecule has 2 aromatic rings. The second-order valence-corrected chi connectivity index (χ2v) is 7.47. The van der Waals surface area contributed by atoms with E-state index in [1.165, 1.54) is 0 Å². The summed E-state index contributed by atoms with van der Waals surface area (Å²) in [4.78, 5) is 3.25. The van der Waals surface area contributed by atoms with Gasteiger partial charge < -0.3 is 4.74 Å². The van der Waals surface area contributed by atoms with Crippen molar-refractivity contribution in [1.82, 2.24) is 14.7 Å². The third-order valence-corrected chi connectivity index (χ3v) is 5.33. The van der Waals surface area contributed by atoms with Gasteiger partial charge in [0, 0.05) is 36.5 Å². The molecular weight excluding hydrogens is 310 g/mol. The van der Waals surface area contributed by atoms with E-state index in [0.29, 0.717) is 5.75 Å². The highest BCUT2D eigenvalue weighted by molar-refractivity contribution is 7.85. The molecule has 0 amide bonds. The predicted octanol–water partition coefficient (Wildman–Crippen LogP) is 1.70. The van der Waals surface area contributed by atoms with Gasteiger partial charge in [0.15, 0.2) is 0 Å². The Morgan fingerprint density at radius 2 is 2.17 bits per heavy atom. The Balaban J connectivity index is 1.48. The zero-order valence-corrected chi connectivity index (χ0v) is 14.2. The average molecular weight is 333 g/mol. The van der Waals surface area contributed by atoms with E-state index in [4.69, 9.17) is 4.74 Å². The van der Waals surface area contributed by atoms with Crippen LogP contribution in [-0.2, 0) is 22.1 Å². The molecule has 6 heteroatoms. The van der Waals surface area contributed by atoms with Gasteiger partial charge in [0.05, 0.1) is 36.3 Å². The van der Waals surface area contributed by atoms with Crippen LogP contribution in [0.15, 0.2) is 47.6 Å². The van der Waals surface area contributed by atoms with Gasteiger partial charge in [-0.05, 0) is 24.6 Å². The van der Waals surface area contributed by atoms with Gasteiger partial charge >= 0.3 is 0 Å². The van der Waals surface area contributed by atoms with Crippen molar-refractivity contribution in [3.63, 3.8) is 0 Å². The van der Waals surface area contributed by atoms with E-state index in [1.54, 1.807) is 0 Å². The predicted molar refractivity (Wildman–Crippen MR) is 90.9 cm³/mol. The quantitative estimate of drug-likeness (QED) is 0.807. The van der Waals surface area contributed by atoms with E-state index in [2.05, 4.69) is 10.00 Å². The van der Waals surface area contributed by atoms with Crippen LogP contribution in [0.4, 0.5) is 0 Å². The highest BCUT2D eigenvalue weighted by Gasteiger charge is 2.21. The smallest absolute Gasteiger partial charge is 0.0898 e. The Morgan fingerprint density at radius 3 is 2.91 bits per heavy atom. The fourth-order valence-corrected chi connectivity index (χ4v) is 3.89. The van der Waals surface area contributed by atoms with E-state index in [1.807, 2.05) is 54.3 Å². The molecule has 1 aromatic heterocycles. The number of hydrogen-bond acceptors (Lipinski definition) is 4. The molecule has 1 aromatic carbocycles. The number of aromatic nitrogens is 2. The lowest BCUT2D eigenvalue weighted by molar-refractivity contribution is -0.0355. The number of aryl methyl sites for hydroxylation is 1. The van der Waals surface area contributed by atoms with E-state index < -0.39 is 10.8 Å². The zero-order valence-electron chi connectivity index (χ0n) is 13.4. The first-order valence-corrected chi connectivity index (χ1v) is 9.29. The normalized spacial score (nSPS) is 20.5. The largest absolute Gasteiger partial charge is 0.374 e. The zero-order chi connectivity index (χ0) is 16.1. The second kappa shape index (κ2) is 7.86. The monoisotopic (exact) mass is 333 g/mol. The SMILES string of the molecule is Cc1cnn(C[C@H]2CN(CC[S@@](=O)c3ccccc3)CCO2)c1. The molecule has 124 valence electrons. The van der Waals surface area contributed by atoms with Crippen LogP contribution in [0, 0.1) is 6.92 Å². The highest BCUT2D eigenvalue weighted by Crippen LogP contribution is 2.10. The van der Waals surface area contributed by atoms with Gasteiger partial charge in [0.2, 0.25) is 0 Å². The number of benzene rings is 1. The van der Waals surface area contributed by atoms with Crippen molar-refractivity contribution in [1.29, 1.82) is 0 Å². The Morgan fingerprint density at radius 1 is 1.35 bits per heavy atom. The highest BCUT2D eigenvalue weighted by atomic mass is 32.2. The first kappa shape index (κ1) is 16.4. The van der Waals surface area contributed by atoms with Gasteiger partial charge in [0.1, 0.15) is 0 Å². The molecule has 1 aliphatic rings. The van der Waals surface area contributed by atoms with Crippen LogP contribution in [0.2, 0.25) is 0 Å². The molecule has 0 spiro atoms. The summed E-state index contributed by atoms with van der Waals surface area (Å²) in [5, 5.41) is 4.32. The maximum absolute atomic E-state index is 12.3. The van der Waals surface area contributed by atoms with Gasteiger partial charge in [-0.2, -0.15) is 5.10 Å². The summed E-state index contributed by atoms with van der Waals surface area (Å²) >= 11 is 0. The minimum Gasteiger partial charge on any atom is -0.374 e. The van der Waals surface area contributed by atoms with Crippen LogP contribution in [0.1, 0.15) is 5.56 Å².